The number of rotatable bonds is 6. The van der Waals surface area contributed by atoms with E-state index in [1.165, 1.54) is 12.8 Å². The number of carbonyl (C=O) groups is 1. The van der Waals surface area contributed by atoms with Gasteiger partial charge < -0.3 is 15.5 Å². The monoisotopic (exact) mass is 241 g/mol. The van der Waals surface area contributed by atoms with Crippen molar-refractivity contribution in [2.24, 2.45) is 5.73 Å². The molecule has 0 aromatic carbocycles. The molecule has 0 heterocycles. The molecule has 1 aliphatic carbocycles. The second-order valence-corrected chi connectivity index (χ2v) is 5.72. The molecule has 0 bridgehead atoms. The van der Waals surface area contributed by atoms with Gasteiger partial charge in [0.05, 0.1) is 0 Å². The van der Waals surface area contributed by atoms with Crippen molar-refractivity contribution in [3.8, 4) is 0 Å². The highest BCUT2D eigenvalue weighted by Crippen LogP contribution is 2.30. The predicted molar refractivity (Wildman–Crippen MR) is 70.8 cm³/mol. The van der Waals surface area contributed by atoms with Gasteiger partial charge in [-0.25, -0.2) is 0 Å². The average Bonchev–Trinajstić information content (AvgIpc) is 2.64. The molecule has 1 aliphatic rings. The maximum atomic E-state index is 12.0. The molecule has 1 fully saturated rings. The summed E-state index contributed by atoms with van der Waals surface area (Å²) in [6, 6.07) is 0. The van der Waals surface area contributed by atoms with Crippen molar-refractivity contribution in [1.82, 2.24) is 9.80 Å². The molecule has 1 saturated carbocycles. The van der Waals surface area contributed by atoms with Crippen molar-refractivity contribution in [3.63, 3.8) is 0 Å². The van der Waals surface area contributed by atoms with E-state index in [1.54, 1.807) is 0 Å². The maximum absolute atomic E-state index is 12.0. The van der Waals surface area contributed by atoms with Crippen molar-refractivity contribution in [2.45, 2.75) is 44.1 Å². The van der Waals surface area contributed by atoms with Crippen molar-refractivity contribution >= 4 is 5.91 Å². The molecule has 0 aromatic heterocycles. The average molecular weight is 241 g/mol. The first kappa shape index (κ1) is 14.5. The van der Waals surface area contributed by atoms with Gasteiger partial charge in [-0.15, -0.1) is 0 Å². The number of nitrogens with two attached hydrogens (primary N) is 1. The third-order valence-electron chi connectivity index (χ3n) is 3.63. The van der Waals surface area contributed by atoms with Gasteiger partial charge in [-0.2, -0.15) is 0 Å². The van der Waals surface area contributed by atoms with Gasteiger partial charge in [0.1, 0.15) is 0 Å². The van der Waals surface area contributed by atoms with Crippen LogP contribution in [0.3, 0.4) is 0 Å². The highest BCUT2D eigenvalue weighted by Gasteiger charge is 2.32. The highest BCUT2D eigenvalue weighted by molar-refractivity contribution is 5.77. The van der Waals surface area contributed by atoms with E-state index in [0.717, 1.165) is 32.4 Å². The van der Waals surface area contributed by atoms with E-state index in [-0.39, 0.29) is 11.4 Å². The third-order valence-corrected chi connectivity index (χ3v) is 3.63. The molecule has 0 saturated heterocycles. The molecule has 4 nitrogen and oxygen atoms in total. The Morgan fingerprint density at radius 2 is 1.76 bits per heavy atom. The molecule has 1 amide bonds. The molecule has 0 atom stereocenters. The Labute approximate surface area is 105 Å². The Kier molecular flexibility index (Phi) is 5.40. The summed E-state index contributed by atoms with van der Waals surface area (Å²) in [5, 5.41) is 0. The second-order valence-electron chi connectivity index (χ2n) is 5.72. The van der Waals surface area contributed by atoms with Crippen molar-refractivity contribution < 1.29 is 4.79 Å². The van der Waals surface area contributed by atoms with Crippen molar-refractivity contribution in [2.75, 3.05) is 34.2 Å². The normalized spacial score (nSPS) is 18.6. The Bertz CT molecular complexity index is 247. The lowest BCUT2D eigenvalue weighted by atomic mass is 9.94. The smallest absolute Gasteiger partial charge is 0.224 e. The van der Waals surface area contributed by atoms with Crippen LogP contribution in [0.1, 0.15) is 38.5 Å². The molecule has 0 aliphatic heterocycles. The summed E-state index contributed by atoms with van der Waals surface area (Å²) in [6.45, 7) is 1.85. The molecule has 0 spiro atoms. The summed E-state index contributed by atoms with van der Waals surface area (Å²) in [7, 11) is 5.99. The summed E-state index contributed by atoms with van der Waals surface area (Å²) in [6.07, 6.45) is 5.90. The van der Waals surface area contributed by atoms with Gasteiger partial charge >= 0.3 is 0 Å². The molecular formula is C13H27N3O. The van der Waals surface area contributed by atoms with Crippen LogP contribution in [0.4, 0.5) is 0 Å². The van der Waals surface area contributed by atoms with E-state index >= 15 is 0 Å². The second kappa shape index (κ2) is 6.36. The lowest BCUT2D eigenvalue weighted by Crippen LogP contribution is -2.43. The zero-order valence-corrected chi connectivity index (χ0v) is 11.5. The van der Waals surface area contributed by atoms with Gasteiger partial charge in [-0.05, 0) is 39.9 Å². The Morgan fingerprint density at radius 1 is 1.18 bits per heavy atom. The summed E-state index contributed by atoms with van der Waals surface area (Å²) in [5.41, 5.74) is 6.00. The van der Waals surface area contributed by atoms with Gasteiger partial charge in [-0.1, -0.05) is 12.8 Å². The Morgan fingerprint density at radius 3 is 2.29 bits per heavy atom. The summed E-state index contributed by atoms with van der Waals surface area (Å²) < 4.78 is 0. The Balaban J connectivity index is 2.26. The lowest BCUT2D eigenvalue weighted by molar-refractivity contribution is -0.131. The van der Waals surface area contributed by atoms with Crippen LogP contribution in [0.2, 0.25) is 0 Å². The minimum absolute atomic E-state index is 0.202. The molecule has 1 rings (SSSR count). The first-order valence-corrected chi connectivity index (χ1v) is 6.60. The minimum Gasteiger partial charge on any atom is -0.346 e. The SMILES string of the molecule is CN(C)CCCN(C)C(=O)CC1(N)CCCC1. The van der Waals surface area contributed by atoms with Crippen LogP contribution in [0.5, 0.6) is 0 Å². The fourth-order valence-corrected chi connectivity index (χ4v) is 2.44. The number of hydrogen-bond acceptors (Lipinski definition) is 3. The van der Waals surface area contributed by atoms with Crippen LogP contribution in [-0.4, -0.2) is 55.5 Å². The molecule has 0 radical (unpaired) electrons. The summed E-state index contributed by atoms with van der Waals surface area (Å²) in [4.78, 5) is 16.0. The molecule has 100 valence electrons. The van der Waals surface area contributed by atoms with Crippen LogP contribution in [-0.2, 0) is 4.79 Å². The topological polar surface area (TPSA) is 49.6 Å². The fourth-order valence-electron chi connectivity index (χ4n) is 2.44. The third kappa shape index (κ3) is 5.04. The zero-order chi connectivity index (χ0) is 12.9. The van der Waals surface area contributed by atoms with E-state index in [1.807, 2.05) is 11.9 Å². The number of amides is 1. The maximum Gasteiger partial charge on any atom is 0.224 e. The highest BCUT2D eigenvalue weighted by atomic mass is 16.2. The largest absolute Gasteiger partial charge is 0.346 e. The van der Waals surface area contributed by atoms with Gasteiger partial charge in [0.15, 0.2) is 0 Å². The first-order chi connectivity index (χ1) is 7.93. The van der Waals surface area contributed by atoms with E-state index in [0.29, 0.717) is 6.42 Å². The van der Waals surface area contributed by atoms with Crippen LogP contribution >= 0.6 is 0 Å². The molecule has 4 heteroatoms. The van der Waals surface area contributed by atoms with Crippen LogP contribution in [0.15, 0.2) is 0 Å². The van der Waals surface area contributed by atoms with E-state index in [9.17, 15) is 4.79 Å². The standard InChI is InChI=1S/C13H27N3O/c1-15(2)9-6-10-16(3)12(17)11-13(14)7-4-5-8-13/h4-11,14H2,1-3H3. The first-order valence-electron chi connectivity index (χ1n) is 6.60. The van der Waals surface area contributed by atoms with Gasteiger partial charge in [0.25, 0.3) is 0 Å². The summed E-state index contributed by atoms with van der Waals surface area (Å²) in [5.74, 6) is 0.202. The minimum atomic E-state index is -0.215. The van der Waals surface area contributed by atoms with E-state index < -0.39 is 0 Å². The van der Waals surface area contributed by atoms with Crippen molar-refractivity contribution in [1.29, 1.82) is 0 Å². The fraction of sp³-hybridized carbons (Fsp3) is 0.923. The van der Waals surface area contributed by atoms with Gasteiger partial charge in [0.2, 0.25) is 5.91 Å². The van der Waals surface area contributed by atoms with E-state index in [2.05, 4.69) is 19.0 Å². The van der Waals surface area contributed by atoms with Crippen LogP contribution in [0.25, 0.3) is 0 Å². The van der Waals surface area contributed by atoms with Crippen molar-refractivity contribution in [3.05, 3.63) is 0 Å². The van der Waals surface area contributed by atoms with E-state index in [4.69, 9.17) is 5.73 Å². The Hall–Kier alpha value is -0.610. The quantitative estimate of drug-likeness (QED) is 0.756. The molecule has 17 heavy (non-hydrogen) atoms. The molecule has 2 N–H and O–H groups in total. The zero-order valence-electron chi connectivity index (χ0n) is 11.5. The molecular weight excluding hydrogens is 214 g/mol. The molecule has 0 unspecified atom stereocenters. The van der Waals surface area contributed by atoms with Crippen LogP contribution in [0, 0.1) is 0 Å². The predicted octanol–water partition coefficient (Wildman–Crippen LogP) is 1.06. The number of carbonyl (C=O) groups excluding carboxylic acids is 1. The number of hydrogen-bond donors (Lipinski definition) is 1. The lowest BCUT2D eigenvalue weighted by Gasteiger charge is -2.26. The van der Waals surface area contributed by atoms with Crippen LogP contribution < -0.4 is 5.73 Å². The number of nitrogens with zero attached hydrogens (tertiary/aromatic N) is 2. The van der Waals surface area contributed by atoms with Gasteiger partial charge in [-0.3, -0.25) is 4.79 Å². The summed E-state index contributed by atoms with van der Waals surface area (Å²) >= 11 is 0. The molecule has 0 aromatic rings. The van der Waals surface area contributed by atoms with Gasteiger partial charge in [0, 0.05) is 25.6 Å².